The second kappa shape index (κ2) is 7.53. The normalized spacial score (nSPS) is 11.8. The van der Waals surface area contributed by atoms with E-state index in [-0.39, 0.29) is 24.5 Å². The van der Waals surface area contributed by atoms with E-state index in [0.29, 0.717) is 17.4 Å². The van der Waals surface area contributed by atoms with Gasteiger partial charge >= 0.3 is 0 Å². The second-order valence-corrected chi connectivity index (χ2v) is 5.09. The Morgan fingerprint density at radius 2 is 1.75 bits per heavy atom. The number of benzene rings is 1. The Bertz CT molecular complexity index is 455. The number of nitrogens with one attached hydrogen (secondary N) is 2. The fourth-order valence-corrected chi connectivity index (χ4v) is 1.45. The molecular formula is C15H22N2O3. The molecule has 0 spiro atoms. The molecule has 0 radical (unpaired) electrons. The molecule has 0 unspecified atom stereocenters. The topological polar surface area (TPSA) is 67.4 Å². The van der Waals surface area contributed by atoms with Gasteiger partial charge < -0.3 is 15.4 Å². The summed E-state index contributed by atoms with van der Waals surface area (Å²) in [5, 5.41) is 5.53. The average Bonchev–Trinajstić information content (AvgIpc) is 2.37. The molecular weight excluding hydrogens is 256 g/mol. The Morgan fingerprint density at radius 1 is 1.15 bits per heavy atom. The van der Waals surface area contributed by atoms with Crippen molar-refractivity contribution in [1.29, 1.82) is 0 Å². The van der Waals surface area contributed by atoms with E-state index in [2.05, 4.69) is 10.6 Å². The van der Waals surface area contributed by atoms with Gasteiger partial charge in [0.25, 0.3) is 5.91 Å². The molecule has 2 amide bonds. The highest BCUT2D eigenvalue weighted by molar-refractivity contribution is 5.88. The van der Waals surface area contributed by atoms with Crippen molar-refractivity contribution in [1.82, 2.24) is 5.32 Å². The molecule has 0 aliphatic rings. The fraction of sp³-hybridized carbons (Fsp3) is 0.467. The first-order chi connectivity index (χ1) is 9.38. The van der Waals surface area contributed by atoms with Gasteiger partial charge in [-0.05, 0) is 37.1 Å². The maximum Gasteiger partial charge on any atom is 0.258 e. The lowest BCUT2D eigenvalue weighted by Gasteiger charge is -2.17. The quantitative estimate of drug-likeness (QED) is 0.838. The lowest BCUT2D eigenvalue weighted by molar-refractivity contribution is -0.124. The summed E-state index contributed by atoms with van der Waals surface area (Å²) in [4.78, 5) is 22.5. The number of carbonyl (C=O) groups is 2. The van der Waals surface area contributed by atoms with Gasteiger partial charge in [0, 0.05) is 18.7 Å². The molecule has 5 nitrogen and oxygen atoms in total. The van der Waals surface area contributed by atoms with Gasteiger partial charge in [0.05, 0.1) is 0 Å². The summed E-state index contributed by atoms with van der Waals surface area (Å²) in [6.07, 6.45) is 0. The molecule has 1 aromatic rings. The maximum atomic E-state index is 11.7. The molecule has 0 aliphatic heterocycles. The monoisotopic (exact) mass is 278 g/mol. The predicted molar refractivity (Wildman–Crippen MR) is 78.7 cm³/mol. The molecule has 0 aliphatic carbocycles. The van der Waals surface area contributed by atoms with Crippen LogP contribution in [-0.2, 0) is 9.59 Å². The van der Waals surface area contributed by atoms with E-state index in [4.69, 9.17) is 4.74 Å². The minimum absolute atomic E-state index is 0.0173. The van der Waals surface area contributed by atoms with Gasteiger partial charge in [-0.2, -0.15) is 0 Å². The number of hydrogen-bond acceptors (Lipinski definition) is 3. The van der Waals surface area contributed by atoms with E-state index in [1.807, 2.05) is 20.8 Å². The zero-order valence-corrected chi connectivity index (χ0v) is 12.4. The molecule has 2 N–H and O–H groups in total. The molecule has 0 fully saturated rings. The van der Waals surface area contributed by atoms with E-state index < -0.39 is 0 Å². The van der Waals surface area contributed by atoms with Gasteiger partial charge in [-0.3, -0.25) is 9.59 Å². The van der Waals surface area contributed by atoms with Crippen LogP contribution < -0.4 is 15.4 Å². The van der Waals surface area contributed by atoms with Crippen molar-refractivity contribution < 1.29 is 14.3 Å². The highest BCUT2D eigenvalue weighted by Gasteiger charge is 2.11. The minimum atomic E-state index is -0.142. The Labute approximate surface area is 119 Å². The van der Waals surface area contributed by atoms with Crippen LogP contribution in [0.25, 0.3) is 0 Å². The molecule has 1 atom stereocenters. The second-order valence-electron chi connectivity index (χ2n) is 5.09. The van der Waals surface area contributed by atoms with Crippen LogP contribution in [0.5, 0.6) is 5.75 Å². The standard InChI is InChI=1S/C15H22N2O3/c1-10(2)11(3)16-15(19)9-20-14-7-5-13(6-8-14)17-12(4)18/h5-8,10-11H,9H2,1-4H3,(H,16,19)(H,17,18)/t11-/m1/s1. The molecule has 0 bridgehead atoms. The van der Waals surface area contributed by atoms with E-state index in [0.717, 1.165) is 0 Å². The van der Waals surface area contributed by atoms with Gasteiger partial charge in [0.1, 0.15) is 5.75 Å². The van der Waals surface area contributed by atoms with E-state index in [1.54, 1.807) is 24.3 Å². The van der Waals surface area contributed by atoms with Crippen LogP contribution in [0.1, 0.15) is 27.7 Å². The third-order valence-corrected chi connectivity index (χ3v) is 2.93. The van der Waals surface area contributed by atoms with Crippen LogP contribution in [0.4, 0.5) is 5.69 Å². The Kier molecular flexibility index (Phi) is 6.03. The molecule has 1 aromatic carbocycles. The molecule has 5 heteroatoms. The molecule has 0 saturated heterocycles. The first-order valence-electron chi connectivity index (χ1n) is 6.68. The summed E-state index contributed by atoms with van der Waals surface area (Å²) in [5.74, 6) is 0.709. The smallest absolute Gasteiger partial charge is 0.258 e. The van der Waals surface area contributed by atoms with Crippen molar-refractivity contribution in [3.63, 3.8) is 0 Å². The van der Waals surface area contributed by atoms with Crippen LogP contribution in [0.3, 0.4) is 0 Å². The summed E-state index contributed by atoms with van der Waals surface area (Å²) in [6.45, 7) is 7.49. The van der Waals surface area contributed by atoms with Gasteiger partial charge in [0.2, 0.25) is 5.91 Å². The molecule has 0 heterocycles. The van der Waals surface area contributed by atoms with Crippen molar-refractivity contribution >= 4 is 17.5 Å². The summed E-state index contributed by atoms with van der Waals surface area (Å²) in [7, 11) is 0. The van der Waals surface area contributed by atoms with Crippen molar-refractivity contribution in [2.45, 2.75) is 33.7 Å². The molecule has 1 rings (SSSR count). The van der Waals surface area contributed by atoms with Crippen molar-refractivity contribution in [2.24, 2.45) is 5.92 Å². The third kappa shape index (κ3) is 5.73. The van der Waals surface area contributed by atoms with Crippen LogP contribution in [-0.4, -0.2) is 24.5 Å². The Morgan fingerprint density at radius 3 is 2.25 bits per heavy atom. The SMILES string of the molecule is CC(=O)Nc1ccc(OCC(=O)N[C@H](C)C(C)C)cc1. The lowest BCUT2D eigenvalue weighted by atomic mass is 10.1. The number of anilines is 1. The lowest BCUT2D eigenvalue weighted by Crippen LogP contribution is -2.38. The Balaban J connectivity index is 2.42. The van der Waals surface area contributed by atoms with Gasteiger partial charge in [-0.1, -0.05) is 13.8 Å². The predicted octanol–water partition coefficient (Wildman–Crippen LogP) is 2.18. The highest BCUT2D eigenvalue weighted by atomic mass is 16.5. The summed E-state index contributed by atoms with van der Waals surface area (Å²) in [5.41, 5.74) is 0.697. The van der Waals surface area contributed by atoms with E-state index in [1.165, 1.54) is 6.92 Å². The first-order valence-corrected chi connectivity index (χ1v) is 6.68. The van der Waals surface area contributed by atoms with Crippen LogP contribution in [0.2, 0.25) is 0 Å². The van der Waals surface area contributed by atoms with Crippen molar-refractivity contribution in [3.8, 4) is 5.75 Å². The van der Waals surface area contributed by atoms with Gasteiger partial charge in [-0.15, -0.1) is 0 Å². The molecule has 0 aromatic heterocycles. The highest BCUT2D eigenvalue weighted by Crippen LogP contribution is 2.15. The number of ether oxygens (including phenoxy) is 1. The van der Waals surface area contributed by atoms with E-state index >= 15 is 0 Å². The van der Waals surface area contributed by atoms with Gasteiger partial charge in [0.15, 0.2) is 6.61 Å². The summed E-state index contributed by atoms with van der Waals surface area (Å²) < 4.78 is 5.38. The fourth-order valence-electron chi connectivity index (χ4n) is 1.45. The zero-order chi connectivity index (χ0) is 15.1. The first kappa shape index (κ1) is 16.0. The van der Waals surface area contributed by atoms with E-state index in [9.17, 15) is 9.59 Å². The zero-order valence-electron chi connectivity index (χ0n) is 12.4. The average molecular weight is 278 g/mol. The minimum Gasteiger partial charge on any atom is -0.484 e. The van der Waals surface area contributed by atoms with Crippen LogP contribution in [0.15, 0.2) is 24.3 Å². The maximum absolute atomic E-state index is 11.7. The summed E-state index contributed by atoms with van der Waals surface area (Å²) >= 11 is 0. The molecule has 110 valence electrons. The number of hydrogen-bond donors (Lipinski definition) is 2. The largest absolute Gasteiger partial charge is 0.484 e. The molecule has 20 heavy (non-hydrogen) atoms. The molecule has 0 saturated carbocycles. The number of amides is 2. The van der Waals surface area contributed by atoms with Crippen molar-refractivity contribution in [2.75, 3.05) is 11.9 Å². The number of rotatable bonds is 6. The number of carbonyl (C=O) groups excluding carboxylic acids is 2. The van der Waals surface area contributed by atoms with Gasteiger partial charge in [-0.25, -0.2) is 0 Å². The summed E-state index contributed by atoms with van der Waals surface area (Å²) in [6, 6.07) is 7.00. The van der Waals surface area contributed by atoms with Crippen molar-refractivity contribution in [3.05, 3.63) is 24.3 Å². The van der Waals surface area contributed by atoms with Crippen LogP contribution in [0, 0.1) is 5.92 Å². The Hall–Kier alpha value is -2.04. The third-order valence-electron chi connectivity index (χ3n) is 2.93. The van der Waals surface area contributed by atoms with Crippen LogP contribution >= 0.6 is 0 Å².